The number of amides is 1. The monoisotopic (exact) mass is 333 g/mol. The van der Waals surface area contributed by atoms with Crippen molar-refractivity contribution >= 4 is 34.1 Å². The van der Waals surface area contributed by atoms with Gasteiger partial charge >= 0.3 is 0 Å². The molecular weight excluding hydrogens is 321 g/mol. The third-order valence-electron chi connectivity index (χ3n) is 3.43. The molecule has 0 bridgehead atoms. The van der Waals surface area contributed by atoms with Gasteiger partial charge in [-0.15, -0.1) is 0 Å². The van der Waals surface area contributed by atoms with E-state index in [1.54, 1.807) is 30.5 Å². The normalized spacial score (nSPS) is 12.3. The molecule has 1 atom stereocenters. The molecule has 4 N–H and O–H groups in total. The van der Waals surface area contributed by atoms with Gasteiger partial charge in [-0.05, 0) is 18.2 Å². The number of rotatable bonds is 4. The summed E-state index contributed by atoms with van der Waals surface area (Å²) < 4.78 is 13.5. The van der Waals surface area contributed by atoms with Gasteiger partial charge in [0, 0.05) is 23.6 Å². The van der Waals surface area contributed by atoms with Crippen molar-refractivity contribution in [2.75, 3.05) is 5.32 Å². The van der Waals surface area contributed by atoms with E-state index in [4.69, 9.17) is 17.3 Å². The molecule has 1 aromatic carbocycles. The maximum Gasteiger partial charge on any atom is 0.241 e. The van der Waals surface area contributed by atoms with E-state index in [1.165, 1.54) is 6.20 Å². The number of carbonyl (C=O) groups excluding carboxylic acids is 1. The molecular formula is C15H13ClFN5O. The number of nitrogens with zero attached hydrogens (tertiary/aromatic N) is 2. The van der Waals surface area contributed by atoms with Gasteiger partial charge in [-0.2, -0.15) is 9.49 Å². The minimum absolute atomic E-state index is 0.0388. The van der Waals surface area contributed by atoms with Crippen LogP contribution < -0.4 is 11.1 Å². The summed E-state index contributed by atoms with van der Waals surface area (Å²) in [4.78, 5) is 15.7. The summed E-state index contributed by atoms with van der Waals surface area (Å²) in [5.41, 5.74) is 7.31. The molecule has 2 heterocycles. The molecule has 0 radical (unpaired) electrons. The van der Waals surface area contributed by atoms with Crippen molar-refractivity contribution in [3.05, 3.63) is 53.2 Å². The van der Waals surface area contributed by atoms with Crippen molar-refractivity contribution in [2.45, 2.75) is 12.5 Å². The highest BCUT2D eigenvalue weighted by Crippen LogP contribution is 2.29. The standard InChI is InChI=1S/C15H13ClFN5O/c16-13-9-7-20-22-11(9)3-4-12(13)21-15(23)10(18)6-8-2-1-5-19-14(8)17/h1-5,7,10H,6,18H2,(H,20,22)(H,21,23). The lowest BCUT2D eigenvalue weighted by molar-refractivity contribution is -0.117. The van der Waals surface area contributed by atoms with Crippen LogP contribution in [0.15, 0.2) is 36.7 Å². The number of carbonyl (C=O) groups is 1. The molecule has 2 aromatic heterocycles. The molecule has 118 valence electrons. The SMILES string of the molecule is NC(Cc1cccnc1F)C(=O)Nc1ccc2[nH]ncc2c1Cl. The first-order chi connectivity index (χ1) is 11.1. The van der Waals surface area contributed by atoms with Gasteiger partial charge in [0.1, 0.15) is 0 Å². The summed E-state index contributed by atoms with van der Waals surface area (Å²) in [5.74, 6) is -1.09. The lowest BCUT2D eigenvalue weighted by atomic mass is 10.1. The Hall–Kier alpha value is -2.51. The molecule has 0 aliphatic heterocycles. The number of aromatic amines is 1. The second-order valence-corrected chi connectivity index (χ2v) is 5.39. The van der Waals surface area contributed by atoms with Crippen molar-refractivity contribution < 1.29 is 9.18 Å². The highest BCUT2D eigenvalue weighted by molar-refractivity contribution is 6.38. The number of hydrogen-bond acceptors (Lipinski definition) is 4. The van der Waals surface area contributed by atoms with Gasteiger partial charge in [0.05, 0.1) is 28.5 Å². The van der Waals surface area contributed by atoms with Crippen molar-refractivity contribution in [3.8, 4) is 0 Å². The first kappa shape index (κ1) is 15.4. The number of nitrogens with one attached hydrogen (secondary N) is 2. The summed E-state index contributed by atoms with van der Waals surface area (Å²) in [6.07, 6.45) is 2.94. The molecule has 3 aromatic rings. The molecule has 3 rings (SSSR count). The fraction of sp³-hybridized carbons (Fsp3) is 0.133. The first-order valence-corrected chi connectivity index (χ1v) is 7.21. The topological polar surface area (TPSA) is 96.7 Å². The lowest BCUT2D eigenvalue weighted by Gasteiger charge is -2.13. The van der Waals surface area contributed by atoms with Crippen molar-refractivity contribution in [1.82, 2.24) is 15.2 Å². The molecule has 0 aliphatic carbocycles. The summed E-state index contributed by atoms with van der Waals surface area (Å²) >= 11 is 6.23. The molecule has 1 unspecified atom stereocenters. The maximum absolute atomic E-state index is 13.5. The third kappa shape index (κ3) is 3.15. The van der Waals surface area contributed by atoms with Gasteiger partial charge in [-0.25, -0.2) is 4.98 Å². The number of H-pyrrole nitrogens is 1. The van der Waals surface area contributed by atoms with E-state index in [0.717, 1.165) is 5.52 Å². The molecule has 0 saturated carbocycles. The molecule has 0 saturated heterocycles. The molecule has 0 aliphatic rings. The number of pyridine rings is 1. The lowest BCUT2D eigenvalue weighted by Crippen LogP contribution is -2.37. The van der Waals surface area contributed by atoms with Crippen LogP contribution in [-0.2, 0) is 11.2 Å². The van der Waals surface area contributed by atoms with Gasteiger partial charge < -0.3 is 11.1 Å². The number of benzene rings is 1. The highest BCUT2D eigenvalue weighted by atomic mass is 35.5. The summed E-state index contributed by atoms with van der Waals surface area (Å²) in [5, 5.41) is 10.4. The Morgan fingerprint density at radius 2 is 2.26 bits per heavy atom. The van der Waals surface area contributed by atoms with Crippen LogP contribution in [0.1, 0.15) is 5.56 Å². The Bertz CT molecular complexity index is 866. The van der Waals surface area contributed by atoms with E-state index in [1.807, 2.05) is 0 Å². The number of anilines is 1. The van der Waals surface area contributed by atoms with Crippen LogP contribution in [0.2, 0.25) is 5.02 Å². The van der Waals surface area contributed by atoms with E-state index in [0.29, 0.717) is 16.1 Å². The van der Waals surface area contributed by atoms with Crippen molar-refractivity contribution in [3.63, 3.8) is 0 Å². The molecule has 23 heavy (non-hydrogen) atoms. The number of aromatic nitrogens is 3. The first-order valence-electron chi connectivity index (χ1n) is 6.83. The Morgan fingerprint density at radius 1 is 1.43 bits per heavy atom. The summed E-state index contributed by atoms with van der Waals surface area (Å²) in [6, 6.07) is 5.60. The van der Waals surface area contributed by atoms with E-state index in [9.17, 15) is 9.18 Å². The predicted octanol–water partition coefficient (Wildman–Crippen LogP) is 2.26. The van der Waals surface area contributed by atoms with E-state index >= 15 is 0 Å². The van der Waals surface area contributed by atoms with Gasteiger partial charge in [0.25, 0.3) is 0 Å². The zero-order chi connectivity index (χ0) is 16.4. The zero-order valence-corrected chi connectivity index (χ0v) is 12.6. The van der Waals surface area contributed by atoms with Crippen LogP contribution in [0.4, 0.5) is 10.1 Å². The zero-order valence-electron chi connectivity index (χ0n) is 11.9. The van der Waals surface area contributed by atoms with E-state index in [2.05, 4.69) is 20.5 Å². The van der Waals surface area contributed by atoms with Crippen molar-refractivity contribution in [2.24, 2.45) is 5.73 Å². The number of fused-ring (bicyclic) bond motifs is 1. The van der Waals surface area contributed by atoms with Crippen LogP contribution >= 0.6 is 11.6 Å². The minimum atomic E-state index is -0.926. The van der Waals surface area contributed by atoms with Gasteiger partial charge in [0.15, 0.2) is 0 Å². The smallest absolute Gasteiger partial charge is 0.241 e. The average Bonchev–Trinajstić information content (AvgIpc) is 3.01. The fourth-order valence-electron chi connectivity index (χ4n) is 2.21. The third-order valence-corrected chi connectivity index (χ3v) is 3.84. The summed E-state index contributed by atoms with van der Waals surface area (Å²) in [7, 11) is 0. The second kappa shape index (κ2) is 6.31. The Balaban J connectivity index is 1.75. The summed E-state index contributed by atoms with van der Waals surface area (Å²) in [6.45, 7) is 0. The second-order valence-electron chi connectivity index (χ2n) is 5.01. The fourth-order valence-corrected chi connectivity index (χ4v) is 2.47. The number of nitrogens with two attached hydrogens (primary N) is 1. The van der Waals surface area contributed by atoms with Crippen LogP contribution in [0.25, 0.3) is 10.9 Å². The highest BCUT2D eigenvalue weighted by Gasteiger charge is 2.18. The Kier molecular flexibility index (Phi) is 4.22. The van der Waals surface area contributed by atoms with Crippen LogP contribution in [0, 0.1) is 5.95 Å². The van der Waals surface area contributed by atoms with Crippen molar-refractivity contribution in [1.29, 1.82) is 0 Å². The van der Waals surface area contributed by atoms with Gasteiger partial charge in [-0.1, -0.05) is 17.7 Å². The van der Waals surface area contributed by atoms with E-state index in [-0.39, 0.29) is 12.0 Å². The number of halogens is 2. The molecule has 0 fully saturated rings. The average molecular weight is 334 g/mol. The van der Waals surface area contributed by atoms with Gasteiger partial charge in [-0.3, -0.25) is 9.89 Å². The molecule has 6 nitrogen and oxygen atoms in total. The predicted molar refractivity (Wildman–Crippen MR) is 85.6 cm³/mol. The minimum Gasteiger partial charge on any atom is -0.323 e. The Labute approximate surface area is 135 Å². The molecule has 1 amide bonds. The van der Waals surface area contributed by atoms with E-state index < -0.39 is 17.9 Å². The molecule has 8 heteroatoms. The van der Waals surface area contributed by atoms with Crippen LogP contribution in [-0.4, -0.2) is 27.1 Å². The molecule has 0 spiro atoms. The van der Waals surface area contributed by atoms with Gasteiger partial charge in [0.2, 0.25) is 11.9 Å². The Morgan fingerprint density at radius 3 is 3.04 bits per heavy atom. The van der Waals surface area contributed by atoms with Crippen LogP contribution in [0.5, 0.6) is 0 Å². The quantitative estimate of drug-likeness (QED) is 0.638. The number of hydrogen-bond donors (Lipinski definition) is 3. The van der Waals surface area contributed by atoms with Crippen LogP contribution in [0.3, 0.4) is 0 Å². The maximum atomic E-state index is 13.5. The largest absolute Gasteiger partial charge is 0.323 e.